The fraction of sp³-hybridized carbons (Fsp3) is 0.857. The molecular formula is C14H24N4. The maximum absolute atomic E-state index is 5.90. The number of nitrogens with two attached hydrogens (primary N) is 1. The molecule has 1 heterocycles. The van der Waals surface area contributed by atoms with Gasteiger partial charge in [-0.05, 0) is 37.6 Å². The molecule has 18 heavy (non-hydrogen) atoms. The molecule has 1 aromatic heterocycles. The molecule has 0 unspecified atom stereocenters. The summed E-state index contributed by atoms with van der Waals surface area (Å²) >= 11 is 0. The van der Waals surface area contributed by atoms with Gasteiger partial charge in [0.1, 0.15) is 5.82 Å². The van der Waals surface area contributed by atoms with Gasteiger partial charge in [-0.1, -0.05) is 25.7 Å². The van der Waals surface area contributed by atoms with Crippen LogP contribution in [-0.4, -0.2) is 21.7 Å². The Morgan fingerprint density at radius 3 is 2.56 bits per heavy atom. The second-order valence-corrected chi connectivity index (χ2v) is 6.21. The monoisotopic (exact) mass is 248 g/mol. The summed E-state index contributed by atoms with van der Waals surface area (Å²) in [7, 11) is 0. The fourth-order valence-electron chi connectivity index (χ4n) is 3.42. The van der Waals surface area contributed by atoms with Crippen molar-refractivity contribution in [1.82, 2.24) is 15.2 Å². The molecule has 0 saturated heterocycles. The third-order valence-electron chi connectivity index (χ3n) is 4.91. The normalized spacial score (nSPS) is 23.8. The Balaban J connectivity index is 1.65. The second kappa shape index (κ2) is 5.00. The SMILES string of the molecule is NCC1(Cc2nc(C3CCCCC3)n[nH]2)CCC1. The van der Waals surface area contributed by atoms with Gasteiger partial charge in [0.15, 0.2) is 5.82 Å². The largest absolute Gasteiger partial charge is 0.330 e. The first-order valence-electron chi connectivity index (χ1n) is 7.43. The third-order valence-corrected chi connectivity index (χ3v) is 4.91. The first-order valence-corrected chi connectivity index (χ1v) is 7.43. The lowest BCUT2D eigenvalue weighted by atomic mass is 9.66. The molecule has 3 N–H and O–H groups in total. The zero-order valence-electron chi connectivity index (χ0n) is 11.1. The van der Waals surface area contributed by atoms with Crippen LogP contribution in [0.3, 0.4) is 0 Å². The van der Waals surface area contributed by atoms with Gasteiger partial charge < -0.3 is 5.73 Å². The maximum atomic E-state index is 5.90. The summed E-state index contributed by atoms with van der Waals surface area (Å²) < 4.78 is 0. The molecule has 3 rings (SSSR count). The van der Waals surface area contributed by atoms with Crippen molar-refractivity contribution in [2.45, 2.75) is 63.7 Å². The Morgan fingerprint density at radius 1 is 1.17 bits per heavy atom. The second-order valence-electron chi connectivity index (χ2n) is 6.21. The van der Waals surface area contributed by atoms with Crippen molar-refractivity contribution in [3.63, 3.8) is 0 Å². The number of nitrogens with one attached hydrogen (secondary N) is 1. The van der Waals surface area contributed by atoms with E-state index in [1.54, 1.807) is 0 Å². The van der Waals surface area contributed by atoms with Crippen molar-refractivity contribution < 1.29 is 0 Å². The van der Waals surface area contributed by atoms with Crippen molar-refractivity contribution in [3.8, 4) is 0 Å². The van der Waals surface area contributed by atoms with Crippen LogP contribution in [0.2, 0.25) is 0 Å². The van der Waals surface area contributed by atoms with Crippen LogP contribution in [0, 0.1) is 5.41 Å². The lowest BCUT2D eigenvalue weighted by Crippen LogP contribution is -2.39. The molecule has 0 radical (unpaired) electrons. The summed E-state index contributed by atoms with van der Waals surface area (Å²) in [6.07, 6.45) is 11.4. The van der Waals surface area contributed by atoms with E-state index < -0.39 is 0 Å². The maximum Gasteiger partial charge on any atom is 0.153 e. The van der Waals surface area contributed by atoms with E-state index in [1.165, 1.54) is 51.4 Å². The van der Waals surface area contributed by atoms with Crippen molar-refractivity contribution >= 4 is 0 Å². The molecule has 0 atom stereocenters. The summed E-state index contributed by atoms with van der Waals surface area (Å²) in [4.78, 5) is 4.73. The molecule has 2 aliphatic carbocycles. The molecule has 0 bridgehead atoms. The van der Waals surface area contributed by atoms with Crippen LogP contribution in [0.25, 0.3) is 0 Å². The predicted octanol–water partition coefficient (Wildman–Crippen LogP) is 2.52. The van der Waals surface area contributed by atoms with Gasteiger partial charge >= 0.3 is 0 Å². The smallest absolute Gasteiger partial charge is 0.153 e. The number of hydrogen-bond acceptors (Lipinski definition) is 3. The van der Waals surface area contributed by atoms with Gasteiger partial charge in [0.25, 0.3) is 0 Å². The molecule has 0 aliphatic heterocycles. The van der Waals surface area contributed by atoms with Crippen LogP contribution in [0.1, 0.15) is 68.9 Å². The number of nitrogens with zero attached hydrogens (tertiary/aromatic N) is 2. The first-order chi connectivity index (χ1) is 8.81. The van der Waals surface area contributed by atoms with Crippen molar-refractivity contribution in [2.75, 3.05) is 6.54 Å². The highest BCUT2D eigenvalue weighted by Crippen LogP contribution is 2.42. The molecule has 0 spiro atoms. The number of hydrogen-bond donors (Lipinski definition) is 2. The molecule has 2 aliphatic rings. The molecule has 2 saturated carbocycles. The van der Waals surface area contributed by atoms with Crippen LogP contribution in [0.4, 0.5) is 0 Å². The molecule has 2 fully saturated rings. The lowest BCUT2D eigenvalue weighted by molar-refractivity contribution is 0.141. The van der Waals surface area contributed by atoms with Gasteiger partial charge in [0, 0.05) is 12.3 Å². The minimum absolute atomic E-state index is 0.323. The zero-order valence-corrected chi connectivity index (χ0v) is 11.1. The van der Waals surface area contributed by atoms with E-state index in [0.29, 0.717) is 11.3 Å². The standard InChI is InChI=1S/C14H24N4/c15-10-14(7-4-8-14)9-12-16-13(18-17-12)11-5-2-1-3-6-11/h11H,1-10,15H2,(H,16,17,18). The zero-order chi connectivity index (χ0) is 12.4. The predicted molar refractivity (Wildman–Crippen MR) is 71.3 cm³/mol. The van der Waals surface area contributed by atoms with Gasteiger partial charge in [-0.3, -0.25) is 5.10 Å². The van der Waals surface area contributed by atoms with E-state index in [4.69, 9.17) is 10.7 Å². The highest BCUT2D eigenvalue weighted by Gasteiger charge is 2.36. The number of rotatable bonds is 4. The molecular weight excluding hydrogens is 224 g/mol. The van der Waals surface area contributed by atoms with Crippen molar-refractivity contribution in [1.29, 1.82) is 0 Å². The lowest BCUT2D eigenvalue weighted by Gasteiger charge is -2.40. The van der Waals surface area contributed by atoms with Gasteiger partial charge in [-0.25, -0.2) is 4.98 Å². The third kappa shape index (κ3) is 2.30. The van der Waals surface area contributed by atoms with Crippen LogP contribution >= 0.6 is 0 Å². The first kappa shape index (κ1) is 12.2. The van der Waals surface area contributed by atoms with E-state index in [9.17, 15) is 0 Å². The minimum atomic E-state index is 0.323. The average Bonchev–Trinajstić information content (AvgIpc) is 2.83. The molecule has 4 nitrogen and oxygen atoms in total. The van der Waals surface area contributed by atoms with Crippen LogP contribution in [0.15, 0.2) is 0 Å². The van der Waals surface area contributed by atoms with E-state index in [1.807, 2.05) is 0 Å². The molecule has 0 amide bonds. The summed E-state index contributed by atoms with van der Waals surface area (Å²) in [6, 6.07) is 0. The Bertz CT molecular complexity index is 383. The fourth-order valence-corrected chi connectivity index (χ4v) is 3.42. The van der Waals surface area contributed by atoms with Gasteiger partial charge in [-0.2, -0.15) is 5.10 Å². The Labute approximate surface area is 109 Å². The highest BCUT2D eigenvalue weighted by molar-refractivity contribution is 5.03. The summed E-state index contributed by atoms with van der Waals surface area (Å²) in [6.45, 7) is 0.784. The quantitative estimate of drug-likeness (QED) is 0.860. The van der Waals surface area contributed by atoms with Crippen LogP contribution in [-0.2, 0) is 6.42 Å². The van der Waals surface area contributed by atoms with E-state index in [0.717, 1.165) is 24.6 Å². The van der Waals surface area contributed by atoms with Gasteiger partial charge in [-0.15, -0.1) is 0 Å². The molecule has 1 aromatic rings. The Hall–Kier alpha value is -0.900. The summed E-state index contributed by atoms with van der Waals surface area (Å²) in [5, 5.41) is 7.58. The van der Waals surface area contributed by atoms with Crippen LogP contribution < -0.4 is 5.73 Å². The van der Waals surface area contributed by atoms with Gasteiger partial charge in [0.2, 0.25) is 0 Å². The summed E-state index contributed by atoms with van der Waals surface area (Å²) in [5.74, 6) is 2.70. The summed E-state index contributed by atoms with van der Waals surface area (Å²) in [5.41, 5.74) is 6.23. The molecule has 100 valence electrons. The highest BCUT2D eigenvalue weighted by atomic mass is 15.2. The van der Waals surface area contributed by atoms with Crippen LogP contribution in [0.5, 0.6) is 0 Å². The molecule has 4 heteroatoms. The average molecular weight is 248 g/mol. The molecule has 0 aromatic carbocycles. The minimum Gasteiger partial charge on any atom is -0.330 e. The van der Waals surface area contributed by atoms with E-state index in [-0.39, 0.29) is 0 Å². The number of H-pyrrole nitrogens is 1. The Morgan fingerprint density at radius 2 is 1.94 bits per heavy atom. The topological polar surface area (TPSA) is 67.6 Å². The number of aromatic nitrogens is 3. The van der Waals surface area contributed by atoms with Crippen molar-refractivity contribution in [2.24, 2.45) is 11.1 Å². The van der Waals surface area contributed by atoms with Crippen molar-refractivity contribution in [3.05, 3.63) is 11.6 Å². The number of aromatic amines is 1. The van der Waals surface area contributed by atoms with E-state index in [2.05, 4.69) is 10.2 Å². The van der Waals surface area contributed by atoms with Gasteiger partial charge in [0.05, 0.1) is 0 Å². The Kier molecular flexibility index (Phi) is 3.37. The van der Waals surface area contributed by atoms with E-state index >= 15 is 0 Å².